The number of para-hydroxylation sites is 1. The first-order valence-electron chi connectivity index (χ1n) is 6.36. The molecular formula is C13H17IN6. The van der Waals surface area contributed by atoms with E-state index in [2.05, 4.69) is 25.1 Å². The Morgan fingerprint density at radius 1 is 1.30 bits per heavy atom. The first-order valence-corrected chi connectivity index (χ1v) is 6.36. The van der Waals surface area contributed by atoms with Gasteiger partial charge in [-0.25, -0.2) is 4.99 Å². The Labute approximate surface area is 134 Å². The third-order valence-electron chi connectivity index (χ3n) is 3.12. The second-order valence-corrected chi connectivity index (χ2v) is 4.48. The molecular weight excluding hydrogens is 367 g/mol. The molecule has 0 atom stereocenters. The highest BCUT2D eigenvalue weighted by atomic mass is 127. The van der Waals surface area contributed by atoms with Crippen molar-refractivity contribution in [1.82, 2.24) is 14.8 Å². The lowest BCUT2D eigenvalue weighted by atomic mass is 10.3. The smallest absolute Gasteiger partial charge is 0.193 e. The van der Waals surface area contributed by atoms with Crippen molar-refractivity contribution in [2.24, 2.45) is 10.7 Å². The van der Waals surface area contributed by atoms with E-state index in [1.54, 1.807) is 0 Å². The number of hydrogen-bond acceptors (Lipinski definition) is 3. The molecule has 0 saturated heterocycles. The highest BCUT2D eigenvalue weighted by molar-refractivity contribution is 14.0. The number of nitrogens with one attached hydrogen (secondary N) is 1. The maximum atomic E-state index is 5.85. The molecule has 0 saturated carbocycles. The predicted molar refractivity (Wildman–Crippen MR) is 89.1 cm³/mol. The van der Waals surface area contributed by atoms with Gasteiger partial charge in [0, 0.05) is 18.7 Å². The van der Waals surface area contributed by atoms with Gasteiger partial charge in [-0.3, -0.25) is 0 Å². The number of hydrogen-bond donors (Lipinski definition) is 2. The molecule has 7 heteroatoms. The number of aryl methyl sites for hydroxylation is 1. The van der Waals surface area contributed by atoms with Crippen LogP contribution in [-0.4, -0.2) is 20.7 Å². The summed E-state index contributed by atoms with van der Waals surface area (Å²) in [5.41, 5.74) is 6.78. The number of aromatic nitrogens is 3. The molecule has 0 spiro atoms. The predicted octanol–water partition coefficient (Wildman–Crippen LogP) is 1.77. The van der Waals surface area contributed by atoms with E-state index in [4.69, 9.17) is 5.73 Å². The van der Waals surface area contributed by atoms with E-state index >= 15 is 0 Å². The van der Waals surface area contributed by atoms with Gasteiger partial charge in [0.25, 0.3) is 0 Å². The first-order chi connectivity index (χ1) is 9.33. The van der Waals surface area contributed by atoms with Gasteiger partial charge in [-0.1, -0.05) is 18.2 Å². The van der Waals surface area contributed by atoms with Crippen molar-refractivity contribution in [2.75, 3.05) is 5.32 Å². The lowest BCUT2D eigenvalue weighted by molar-refractivity contribution is 0.688. The molecule has 0 radical (unpaired) electrons. The van der Waals surface area contributed by atoms with Crippen LogP contribution in [0.15, 0.2) is 35.3 Å². The molecule has 2 heterocycles. The minimum absolute atomic E-state index is 0. The lowest BCUT2D eigenvalue weighted by Gasteiger charge is -2.05. The van der Waals surface area contributed by atoms with Gasteiger partial charge in [0.05, 0.1) is 0 Å². The zero-order chi connectivity index (χ0) is 13.1. The van der Waals surface area contributed by atoms with Crippen molar-refractivity contribution < 1.29 is 0 Å². The third kappa shape index (κ3) is 3.27. The van der Waals surface area contributed by atoms with E-state index in [9.17, 15) is 0 Å². The third-order valence-corrected chi connectivity index (χ3v) is 3.12. The summed E-state index contributed by atoms with van der Waals surface area (Å²) < 4.78 is 2.12. The van der Waals surface area contributed by atoms with Crippen LogP contribution >= 0.6 is 24.0 Å². The summed E-state index contributed by atoms with van der Waals surface area (Å²) in [6, 6.07) is 9.73. The monoisotopic (exact) mass is 384 g/mol. The Morgan fingerprint density at radius 2 is 2.10 bits per heavy atom. The summed E-state index contributed by atoms with van der Waals surface area (Å²) in [5, 5.41) is 11.3. The van der Waals surface area contributed by atoms with E-state index in [0.29, 0.717) is 12.5 Å². The fourth-order valence-corrected chi connectivity index (χ4v) is 2.19. The van der Waals surface area contributed by atoms with Crippen molar-refractivity contribution in [3.63, 3.8) is 0 Å². The van der Waals surface area contributed by atoms with E-state index in [1.165, 1.54) is 0 Å². The zero-order valence-corrected chi connectivity index (χ0v) is 13.3. The molecule has 3 rings (SSSR count). The van der Waals surface area contributed by atoms with Gasteiger partial charge in [-0.2, -0.15) is 0 Å². The van der Waals surface area contributed by atoms with Crippen LogP contribution in [0.2, 0.25) is 0 Å². The van der Waals surface area contributed by atoms with Crippen LogP contribution in [0.4, 0.5) is 5.69 Å². The minimum atomic E-state index is 0. The maximum absolute atomic E-state index is 5.85. The fraction of sp³-hybridized carbons (Fsp3) is 0.308. The van der Waals surface area contributed by atoms with E-state index in [-0.39, 0.29) is 24.0 Å². The van der Waals surface area contributed by atoms with Crippen LogP contribution in [0.25, 0.3) is 0 Å². The van der Waals surface area contributed by atoms with Crippen LogP contribution in [-0.2, 0) is 19.5 Å². The summed E-state index contributed by atoms with van der Waals surface area (Å²) >= 11 is 0. The maximum Gasteiger partial charge on any atom is 0.193 e. The van der Waals surface area contributed by atoms with Gasteiger partial charge in [-0.05, 0) is 18.6 Å². The molecule has 20 heavy (non-hydrogen) atoms. The van der Waals surface area contributed by atoms with Gasteiger partial charge in [0.15, 0.2) is 11.8 Å². The first kappa shape index (κ1) is 14.8. The van der Waals surface area contributed by atoms with Gasteiger partial charge in [0.2, 0.25) is 0 Å². The van der Waals surface area contributed by atoms with Crippen molar-refractivity contribution in [1.29, 1.82) is 0 Å². The quantitative estimate of drug-likeness (QED) is 0.480. The molecule has 2 aromatic rings. The summed E-state index contributed by atoms with van der Waals surface area (Å²) in [5.74, 6) is 2.33. The van der Waals surface area contributed by atoms with Crippen molar-refractivity contribution >= 4 is 35.6 Å². The number of halogens is 1. The minimum Gasteiger partial charge on any atom is -0.370 e. The summed E-state index contributed by atoms with van der Waals surface area (Å²) in [7, 11) is 0. The molecule has 1 aromatic heterocycles. The summed E-state index contributed by atoms with van der Waals surface area (Å²) in [6.45, 7) is 1.44. The second-order valence-electron chi connectivity index (χ2n) is 4.48. The molecule has 106 valence electrons. The average molecular weight is 384 g/mol. The fourth-order valence-electron chi connectivity index (χ4n) is 2.19. The van der Waals surface area contributed by atoms with Gasteiger partial charge >= 0.3 is 0 Å². The second kappa shape index (κ2) is 6.69. The number of rotatable bonds is 3. The standard InChI is InChI=1S/C13H16N6.HI/c14-13(16-10-5-2-1-3-6-10)15-9-12-18-17-11-7-4-8-19(11)12;/h1-3,5-6H,4,7-9H2,(H3,14,15,16);1H. The van der Waals surface area contributed by atoms with Crippen molar-refractivity contribution in [3.05, 3.63) is 42.0 Å². The molecule has 3 N–H and O–H groups in total. The highest BCUT2D eigenvalue weighted by Crippen LogP contribution is 2.14. The normalized spacial score (nSPS) is 13.7. The van der Waals surface area contributed by atoms with E-state index in [1.807, 2.05) is 30.3 Å². The Morgan fingerprint density at radius 3 is 2.90 bits per heavy atom. The lowest BCUT2D eigenvalue weighted by Crippen LogP contribution is -2.22. The van der Waals surface area contributed by atoms with E-state index < -0.39 is 0 Å². The zero-order valence-electron chi connectivity index (χ0n) is 11.0. The number of nitrogens with zero attached hydrogens (tertiary/aromatic N) is 4. The summed E-state index contributed by atoms with van der Waals surface area (Å²) in [4.78, 5) is 4.30. The molecule has 0 bridgehead atoms. The van der Waals surface area contributed by atoms with Crippen LogP contribution < -0.4 is 11.1 Å². The molecule has 0 fully saturated rings. The molecule has 0 unspecified atom stereocenters. The number of anilines is 1. The SMILES string of the molecule is I.NC(=NCc1nnc2n1CCC2)Nc1ccccc1. The molecule has 1 aliphatic rings. The van der Waals surface area contributed by atoms with Gasteiger partial charge < -0.3 is 15.6 Å². The number of aliphatic imine (C=N–C) groups is 1. The summed E-state index contributed by atoms with van der Waals surface area (Å²) in [6.07, 6.45) is 2.15. The van der Waals surface area contributed by atoms with E-state index in [0.717, 1.165) is 36.7 Å². The van der Waals surface area contributed by atoms with Gasteiger partial charge in [0.1, 0.15) is 12.4 Å². The van der Waals surface area contributed by atoms with Crippen LogP contribution in [0, 0.1) is 0 Å². The van der Waals surface area contributed by atoms with Crippen LogP contribution in [0.1, 0.15) is 18.1 Å². The molecule has 1 aromatic carbocycles. The molecule has 6 nitrogen and oxygen atoms in total. The number of fused-ring (bicyclic) bond motifs is 1. The highest BCUT2D eigenvalue weighted by Gasteiger charge is 2.16. The molecule has 1 aliphatic heterocycles. The Bertz CT molecular complexity index is 592. The molecule has 0 aliphatic carbocycles. The van der Waals surface area contributed by atoms with Crippen molar-refractivity contribution in [3.8, 4) is 0 Å². The van der Waals surface area contributed by atoms with Gasteiger partial charge in [-0.15, -0.1) is 34.2 Å². The average Bonchev–Trinajstić information content (AvgIpc) is 3.01. The van der Waals surface area contributed by atoms with Crippen molar-refractivity contribution in [2.45, 2.75) is 25.9 Å². The number of guanidine groups is 1. The Hall–Kier alpha value is -1.64. The largest absolute Gasteiger partial charge is 0.370 e. The number of benzene rings is 1. The number of nitrogens with two attached hydrogens (primary N) is 1. The Balaban J connectivity index is 0.00000147. The topological polar surface area (TPSA) is 81.1 Å². The van der Waals surface area contributed by atoms with Crippen LogP contribution in [0.3, 0.4) is 0 Å². The molecule has 0 amide bonds. The van der Waals surface area contributed by atoms with Crippen LogP contribution in [0.5, 0.6) is 0 Å². The Kier molecular flexibility index (Phi) is 4.94.